The fourth-order valence-electron chi connectivity index (χ4n) is 2.17. The fourth-order valence-corrected chi connectivity index (χ4v) is 2.17. The van der Waals surface area contributed by atoms with Crippen molar-refractivity contribution in [2.24, 2.45) is 0 Å². The lowest BCUT2D eigenvalue weighted by molar-refractivity contribution is -0.156. The number of rotatable bonds is 6. The topological polar surface area (TPSA) is 51.3 Å². The predicted octanol–water partition coefficient (Wildman–Crippen LogP) is 2.68. The van der Waals surface area contributed by atoms with Crippen molar-refractivity contribution < 1.29 is 14.3 Å². The van der Waals surface area contributed by atoms with Gasteiger partial charge < -0.3 is 14.5 Å². The maximum absolute atomic E-state index is 11.9. The SMILES string of the molecule is CCOC(=O)[C@H](Cc1cccc2[nH]ccc12)OCC. The van der Waals surface area contributed by atoms with Gasteiger partial charge in [0.1, 0.15) is 0 Å². The van der Waals surface area contributed by atoms with E-state index in [4.69, 9.17) is 9.47 Å². The molecule has 4 heteroatoms. The van der Waals surface area contributed by atoms with E-state index in [0.717, 1.165) is 16.5 Å². The molecule has 1 N–H and O–H groups in total. The summed E-state index contributed by atoms with van der Waals surface area (Å²) in [6.07, 6.45) is 1.89. The van der Waals surface area contributed by atoms with Gasteiger partial charge >= 0.3 is 5.97 Å². The number of aromatic nitrogens is 1. The highest BCUT2D eigenvalue weighted by Crippen LogP contribution is 2.20. The van der Waals surface area contributed by atoms with Crippen LogP contribution < -0.4 is 0 Å². The van der Waals surface area contributed by atoms with E-state index in [-0.39, 0.29) is 5.97 Å². The summed E-state index contributed by atoms with van der Waals surface area (Å²) in [5.41, 5.74) is 2.15. The molecule has 1 aromatic heterocycles. The second-order valence-electron chi connectivity index (χ2n) is 4.26. The van der Waals surface area contributed by atoms with Crippen molar-refractivity contribution in [3.63, 3.8) is 0 Å². The van der Waals surface area contributed by atoms with Gasteiger partial charge in [-0.05, 0) is 31.5 Å². The minimum Gasteiger partial charge on any atom is -0.464 e. The maximum atomic E-state index is 11.9. The van der Waals surface area contributed by atoms with Gasteiger partial charge in [-0.2, -0.15) is 0 Å². The Kier molecular flexibility index (Phi) is 4.58. The van der Waals surface area contributed by atoms with Crippen LogP contribution in [0.25, 0.3) is 10.9 Å². The number of hydrogen-bond acceptors (Lipinski definition) is 3. The molecule has 0 aliphatic carbocycles. The largest absolute Gasteiger partial charge is 0.464 e. The van der Waals surface area contributed by atoms with Crippen LogP contribution in [0.5, 0.6) is 0 Å². The quantitative estimate of drug-likeness (QED) is 0.813. The van der Waals surface area contributed by atoms with E-state index in [1.54, 1.807) is 6.92 Å². The van der Waals surface area contributed by atoms with Crippen LogP contribution in [-0.2, 0) is 20.7 Å². The lowest BCUT2D eigenvalue weighted by Crippen LogP contribution is -2.29. The molecule has 1 heterocycles. The Morgan fingerprint density at radius 2 is 2.11 bits per heavy atom. The Morgan fingerprint density at radius 3 is 2.84 bits per heavy atom. The highest BCUT2D eigenvalue weighted by molar-refractivity contribution is 5.84. The summed E-state index contributed by atoms with van der Waals surface area (Å²) in [7, 11) is 0. The zero-order valence-electron chi connectivity index (χ0n) is 11.3. The smallest absolute Gasteiger partial charge is 0.335 e. The molecule has 0 bridgehead atoms. The molecule has 0 saturated heterocycles. The van der Waals surface area contributed by atoms with Gasteiger partial charge in [0.25, 0.3) is 0 Å². The first-order chi connectivity index (χ1) is 9.26. The molecule has 4 nitrogen and oxygen atoms in total. The number of carbonyl (C=O) groups is 1. The first-order valence-corrected chi connectivity index (χ1v) is 6.59. The second-order valence-corrected chi connectivity index (χ2v) is 4.26. The number of H-pyrrole nitrogens is 1. The molecule has 0 saturated carbocycles. The van der Waals surface area contributed by atoms with Crippen LogP contribution in [-0.4, -0.2) is 30.3 Å². The third-order valence-corrected chi connectivity index (χ3v) is 3.01. The van der Waals surface area contributed by atoms with Crippen LogP contribution in [0.15, 0.2) is 30.5 Å². The third kappa shape index (κ3) is 3.15. The minimum atomic E-state index is -0.537. The monoisotopic (exact) mass is 261 g/mol. The van der Waals surface area contributed by atoms with Crippen LogP contribution in [0.2, 0.25) is 0 Å². The van der Waals surface area contributed by atoms with E-state index in [9.17, 15) is 4.79 Å². The zero-order valence-corrected chi connectivity index (χ0v) is 11.3. The van der Waals surface area contributed by atoms with Gasteiger partial charge in [-0.3, -0.25) is 0 Å². The molecule has 2 rings (SSSR count). The van der Waals surface area contributed by atoms with E-state index in [0.29, 0.717) is 19.6 Å². The predicted molar refractivity (Wildman–Crippen MR) is 74.0 cm³/mol. The van der Waals surface area contributed by atoms with Crippen molar-refractivity contribution in [3.05, 3.63) is 36.0 Å². The molecule has 0 spiro atoms. The maximum Gasteiger partial charge on any atom is 0.335 e. The van der Waals surface area contributed by atoms with Crippen LogP contribution >= 0.6 is 0 Å². The van der Waals surface area contributed by atoms with Crippen LogP contribution in [0.1, 0.15) is 19.4 Å². The summed E-state index contributed by atoms with van der Waals surface area (Å²) in [6.45, 7) is 4.54. The first-order valence-electron chi connectivity index (χ1n) is 6.59. The standard InChI is InChI=1S/C15H19NO3/c1-3-18-14(15(17)19-4-2)10-11-6-5-7-13-12(11)8-9-16-13/h5-9,14,16H,3-4,10H2,1-2H3/t14-/m0/s1. The van der Waals surface area contributed by atoms with E-state index >= 15 is 0 Å². The average molecular weight is 261 g/mol. The van der Waals surface area contributed by atoms with Crippen LogP contribution in [0, 0.1) is 0 Å². The van der Waals surface area contributed by atoms with E-state index in [2.05, 4.69) is 4.98 Å². The number of aromatic amines is 1. The number of esters is 1. The third-order valence-electron chi connectivity index (χ3n) is 3.01. The van der Waals surface area contributed by atoms with E-state index in [1.807, 2.05) is 37.4 Å². The molecule has 102 valence electrons. The molecule has 2 aromatic rings. The number of carbonyl (C=O) groups excluding carboxylic acids is 1. The average Bonchev–Trinajstić information content (AvgIpc) is 2.87. The molecule has 0 radical (unpaired) electrons. The van der Waals surface area contributed by atoms with Gasteiger partial charge in [-0.15, -0.1) is 0 Å². The molecule has 0 aliphatic heterocycles. The van der Waals surface area contributed by atoms with Gasteiger partial charge in [0.05, 0.1) is 6.61 Å². The van der Waals surface area contributed by atoms with Gasteiger partial charge in [0, 0.05) is 30.1 Å². The summed E-state index contributed by atoms with van der Waals surface area (Å²) in [5.74, 6) is -0.295. The molecule has 0 unspecified atom stereocenters. The Bertz CT molecular complexity index is 547. The van der Waals surface area contributed by atoms with Gasteiger partial charge in [0.15, 0.2) is 6.10 Å². The summed E-state index contributed by atoms with van der Waals surface area (Å²) >= 11 is 0. The van der Waals surface area contributed by atoms with Crippen molar-refractivity contribution >= 4 is 16.9 Å². The Hall–Kier alpha value is -1.81. The first kappa shape index (κ1) is 13.6. The lowest BCUT2D eigenvalue weighted by atomic mass is 10.0. The lowest BCUT2D eigenvalue weighted by Gasteiger charge is -2.16. The van der Waals surface area contributed by atoms with E-state index in [1.165, 1.54) is 0 Å². The molecule has 1 aromatic carbocycles. The highest BCUT2D eigenvalue weighted by Gasteiger charge is 2.21. The Balaban J connectivity index is 2.20. The zero-order chi connectivity index (χ0) is 13.7. The van der Waals surface area contributed by atoms with Crippen LogP contribution in [0.3, 0.4) is 0 Å². The number of hydrogen-bond donors (Lipinski definition) is 1. The highest BCUT2D eigenvalue weighted by atomic mass is 16.6. The number of benzene rings is 1. The van der Waals surface area contributed by atoms with Gasteiger partial charge in [-0.1, -0.05) is 12.1 Å². The Labute approximate surface area is 112 Å². The van der Waals surface area contributed by atoms with Gasteiger partial charge in [0.2, 0.25) is 0 Å². The number of nitrogens with one attached hydrogen (secondary N) is 1. The van der Waals surface area contributed by atoms with Crippen LogP contribution in [0.4, 0.5) is 0 Å². The second kappa shape index (κ2) is 6.38. The van der Waals surface area contributed by atoms with Crippen molar-refractivity contribution in [2.75, 3.05) is 13.2 Å². The minimum absolute atomic E-state index is 0.295. The van der Waals surface area contributed by atoms with Crippen molar-refractivity contribution in [3.8, 4) is 0 Å². The molecular formula is C15H19NO3. The van der Waals surface area contributed by atoms with Gasteiger partial charge in [-0.25, -0.2) is 4.79 Å². The van der Waals surface area contributed by atoms with Crippen molar-refractivity contribution in [1.29, 1.82) is 0 Å². The molecule has 0 fully saturated rings. The number of ether oxygens (including phenoxy) is 2. The summed E-state index contributed by atoms with van der Waals surface area (Å²) in [4.78, 5) is 15.0. The summed E-state index contributed by atoms with van der Waals surface area (Å²) in [5, 5.41) is 1.12. The number of fused-ring (bicyclic) bond motifs is 1. The van der Waals surface area contributed by atoms with Crippen molar-refractivity contribution in [1.82, 2.24) is 4.98 Å². The molecule has 19 heavy (non-hydrogen) atoms. The van der Waals surface area contributed by atoms with E-state index < -0.39 is 6.10 Å². The summed E-state index contributed by atoms with van der Waals surface area (Å²) in [6, 6.07) is 8.02. The molecular weight excluding hydrogens is 242 g/mol. The van der Waals surface area contributed by atoms with Crippen molar-refractivity contribution in [2.45, 2.75) is 26.4 Å². The normalized spacial score (nSPS) is 12.5. The molecule has 0 aliphatic rings. The molecule has 0 amide bonds. The molecule has 1 atom stereocenters. The summed E-state index contributed by atoms with van der Waals surface area (Å²) < 4.78 is 10.6. The Morgan fingerprint density at radius 1 is 1.26 bits per heavy atom. The fraction of sp³-hybridized carbons (Fsp3) is 0.400.